The fourth-order valence-corrected chi connectivity index (χ4v) is 2.52. The minimum atomic E-state index is -0.0563. The van der Waals surface area contributed by atoms with E-state index < -0.39 is 0 Å². The lowest BCUT2D eigenvalue weighted by molar-refractivity contribution is 0.100. The van der Waals surface area contributed by atoms with E-state index >= 15 is 0 Å². The first-order chi connectivity index (χ1) is 10.2. The summed E-state index contributed by atoms with van der Waals surface area (Å²) in [6.45, 7) is 0.638. The first-order valence-corrected chi connectivity index (χ1v) is 6.98. The van der Waals surface area contributed by atoms with Gasteiger partial charge >= 0.3 is 0 Å². The smallest absolute Gasteiger partial charge is 0.178 e. The molecule has 0 saturated carbocycles. The van der Waals surface area contributed by atoms with Crippen LogP contribution >= 0.6 is 11.6 Å². The number of nitrogens with two attached hydrogens (primary N) is 1. The van der Waals surface area contributed by atoms with Crippen LogP contribution in [0, 0.1) is 0 Å². The van der Waals surface area contributed by atoms with Gasteiger partial charge in [0.25, 0.3) is 0 Å². The number of Topliss-reactive ketones (excluding diaryl/α,β-unsaturated/α-hetero) is 1. The third kappa shape index (κ3) is 2.68. The highest BCUT2D eigenvalue weighted by Gasteiger charge is 2.13. The van der Waals surface area contributed by atoms with E-state index in [1.807, 2.05) is 41.1 Å². The van der Waals surface area contributed by atoms with Crippen molar-refractivity contribution in [2.45, 2.75) is 6.54 Å². The van der Waals surface area contributed by atoms with Crippen molar-refractivity contribution in [1.82, 2.24) is 9.55 Å². The summed E-state index contributed by atoms with van der Waals surface area (Å²) in [6.07, 6.45) is 3.59. The van der Waals surface area contributed by atoms with Crippen LogP contribution in [-0.4, -0.2) is 21.9 Å². The molecule has 0 aliphatic rings. The topological polar surface area (TPSA) is 60.9 Å². The second kappa shape index (κ2) is 5.68. The zero-order chi connectivity index (χ0) is 14.8. The first kappa shape index (κ1) is 13.8. The molecule has 0 aliphatic carbocycles. The van der Waals surface area contributed by atoms with E-state index in [0.717, 1.165) is 16.5 Å². The summed E-state index contributed by atoms with van der Waals surface area (Å²) >= 11 is 5.80. The predicted octanol–water partition coefficient (Wildman–Crippen LogP) is 2.88. The van der Waals surface area contributed by atoms with Gasteiger partial charge in [0.05, 0.1) is 6.54 Å². The monoisotopic (exact) mass is 299 g/mol. The highest BCUT2D eigenvalue weighted by Crippen LogP contribution is 2.22. The van der Waals surface area contributed by atoms with Gasteiger partial charge in [0, 0.05) is 35.4 Å². The molecule has 3 aromatic rings. The first-order valence-electron chi connectivity index (χ1n) is 6.60. The van der Waals surface area contributed by atoms with Gasteiger partial charge in [-0.05, 0) is 17.7 Å². The van der Waals surface area contributed by atoms with E-state index in [2.05, 4.69) is 4.98 Å². The third-order valence-electron chi connectivity index (χ3n) is 3.42. The maximum absolute atomic E-state index is 12.0. The van der Waals surface area contributed by atoms with Gasteiger partial charge in [0.15, 0.2) is 5.78 Å². The molecule has 1 aromatic carbocycles. The quantitative estimate of drug-likeness (QED) is 0.595. The highest BCUT2D eigenvalue weighted by molar-refractivity contribution is 6.29. The van der Waals surface area contributed by atoms with E-state index in [0.29, 0.717) is 17.3 Å². The molecule has 0 saturated heterocycles. The molecule has 4 nitrogen and oxygen atoms in total. The summed E-state index contributed by atoms with van der Waals surface area (Å²) in [5, 5.41) is 1.39. The summed E-state index contributed by atoms with van der Waals surface area (Å²) in [5.74, 6) is -0.0563. The molecule has 0 bridgehead atoms. The molecule has 2 heterocycles. The van der Waals surface area contributed by atoms with Crippen LogP contribution < -0.4 is 5.73 Å². The van der Waals surface area contributed by atoms with E-state index in [4.69, 9.17) is 17.3 Å². The average molecular weight is 300 g/mol. The summed E-state index contributed by atoms with van der Waals surface area (Å²) in [6, 6.07) is 11.5. The lowest BCUT2D eigenvalue weighted by atomic mass is 10.1. The Labute approximate surface area is 127 Å². The molecule has 106 valence electrons. The van der Waals surface area contributed by atoms with Gasteiger partial charge < -0.3 is 10.3 Å². The second-order valence-electron chi connectivity index (χ2n) is 4.80. The number of hydrogen-bond acceptors (Lipinski definition) is 3. The normalized spacial score (nSPS) is 11.0. The Hall–Kier alpha value is -2.17. The van der Waals surface area contributed by atoms with Crippen LogP contribution in [0.25, 0.3) is 10.9 Å². The molecule has 2 aromatic heterocycles. The molecule has 0 amide bonds. The standard InChI is InChI=1S/C16H14ClN3O/c17-16-6-5-11(8-19-16)9-20-10-13(15(21)7-18)12-3-1-2-4-14(12)20/h1-6,8,10H,7,9,18H2. The minimum absolute atomic E-state index is 0.0104. The molecule has 0 aliphatic heterocycles. The summed E-state index contributed by atoms with van der Waals surface area (Å²) < 4.78 is 2.03. The number of halogens is 1. The summed E-state index contributed by atoms with van der Waals surface area (Å²) in [4.78, 5) is 16.0. The number of para-hydroxylation sites is 1. The van der Waals surface area contributed by atoms with E-state index in [1.54, 1.807) is 12.3 Å². The van der Waals surface area contributed by atoms with Gasteiger partial charge in [-0.25, -0.2) is 4.98 Å². The second-order valence-corrected chi connectivity index (χ2v) is 5.19. The van der Waals surface area contributed by atoms with E-state index in [9.17, 15) is 4.79 Å². The van der Waals surface area contributed by atoms with Crippen molar-refractivity contribution in [2.24, 2.45) is 5.73 Å². The van der Waals surface area contributed by atoms with Crippen molar-refractivity contribution in [1.29, 1.82) is 0 Å². The van der Waals surface area contributed by atoms with Crippen LogP contribution in [0.2, 0.25) is 5.15 Å². The Morgan fingerprint density at radius 3 is 2.76 bits per heavy atom. The van der Waals surface area contributed by atoms with Gasteiger partial charge in [-0.3, -0.25) is 4.79 Å². The van der Waals surface area contributed by atoms with Crippen molar-refractivity contribution < 1.29 is 4.79 Å². The molecular formula is C16H14ClN3O. The molecule has 0 radical (unpaired) electrons. The lowest BCUT2D eigenvalue weighted by Gasteiger charge is -2.05. The van der Waals surface area contributed by atoms with Crippen molar-refractivity contribution in [2.75, 3.05) is 6.54 Å². The Morgan fingerprint density at radius 1 is 1.24 bits per heavy atom. The van der Waals surface area contributed by atoms with Crippen LogP contribution in [0.15, 0.2) is 48.8 Å². The number of benzene rings is 1. The van der Waals surface area contributed by atoms with Gasteiger partial charge in [-0.2, -0.15) is 0 Å². The average Bonchev–Trinajstić information content (AvgIpc) is 2.88. The SMILES string of the molecule is NCC(=O)c1cn(Cc2ccc(Cl)nc2)c2ccccc12. The van der Waals surface area contributed by atoms with Crippen LogP contribution in [0.1, 0.15) is 15.9 Å². The Balaban J connectivity index is 2.06. The number of aromatic nitrogens is 2. The Bertz CT molecular complexity index is 793. The molecule has 3 rings (SSSR count). The highest BCUT2D eigenvalue weighted by atomic mass is 35.5. The fraction of sp³-hybridized carbons (Fsp3) is 0.125. The Morgan fingerprint density at radius 2 is 2.05 bits per heavy atom. The van der Waals surface area contributed by atoms with Crippen molar-refractivity contribution in [3.8, 4) is 0 Å². The van der Waals surface area contributed by atoms with Crippen molar-refractivity contribution in [3.05, 3.63) is 65.1 Å². The molecule has 5 heteroatoms. The zero-order valence-corrected chi connectivity index (χ0v) is 12.0. The third-order valence-corrected chi connectivity index (χ3v) is 3.64. The van der Waals surface area contributed by atoms with Crippen LogP contribution in [0.3, 0.4) is 0 Å². The molecule has 0 unspecified atom stereocenters. The number of nitrogens with zero attached hydrogens (tertiary/aromatic N) is 2. The van der Waals surface area contributed by atoms with Gasteiger partial charge in [0.2, 0.25) is 0 Å². The van der Waals surface area contributed by atoms with E-state index in [-0.39, 0.29) is 12.3 Å². The summed E-state index contributed by atoms with van der Waals surface area (Å²) in [5.41, 5.74) is 8.18. The number of rotatable bonds is 4. The number of carbonyl (C=O) groups excluding carboxylic acids is 1. The van der Waals surface area contributed by atoms with Crippen LogP contribution in [0.5, 0.6) is 0 Å². The molecule has 0 fully saturated rings. The predicted molar refractivity (Wildman–Crippen MR) is 83.7 cm³/mol. The largest absolute Gasteiger partial charge is 0.342 e. The number of carbonyl (C=O) groups is 1. The van der Waals surface area contributed by atoms with Crippen LogP contribution in [0.4, 0.5) is 0 Å². The molecule has 21 heavy (non-hydrogen) atoms. The van der Waals surface area contributed by atoms with E-state index in [1.165, 1.54) is 0 Å². The lowest BCUT2D eigenvalue weighted by Crippen LogP contribution is -2.13. The fourth-order valence-electron chi connectivity index (χ4n) is 2.41. The molecule has 0 atom stereocenters. The maximum atomic E-state index is 12.0. The van der Waals surface area contributed by atoms with Crippen molar-refractivity contribution in [3.63, 3.8) is 0 Å². The molecular weight excluding hydrogens is 286 g/mol. The maximum Gasteiger partial charge on any atom is 0.178 e. The number of fused-ring (bicyclic) bond motifs is 1. The molecule has 0 spiro atoms. The Kier molecular flexibility index (Phi) is 3.73. The van der Waals surface area contributed by atoms with Crippen LogP contribution in [-0.2, 0) is 6.54 Å². The number of pyridine rings is 1. The number of hydrogen-bond donors (Lipinski definition) is 1. The van der Waals surface area contributed by atoms with Gasteiger partial charge in [-0.15, -0.1) is 0 Å². The van der Waals surface area contributed by atoms with Crippen molar-refractivity contribution >= 4 is 28.3 Å². The number of ketones is 1. The van der Waals surface area contributed by atoms with Gasteiger partial charge in [0.1, 0.15) is 5.15 Å². The zero-order valence-electron chi connectivity index (χ0n) is 11.3. The van der Waals surface area contributed by atoms with Gasteiger partial charge in [-0.1, -0.05) is 35.9 Å². The molecule has 2 N–H and O–H groups in total. The summed E-state index contributed by atoms with van der Waals surface area (Å²) in [7, 11) is 0. The minimum Gasteiger partial charge on any atom is -0.342 e.